The maximum atomic E-state index is 14.0. The summed E-state index contributed by atoms with van der Waals surface area (Å²) in [6.07, 6.45) is 1.63. The summed E-state index contributed by atoms with van der Waals surface area (Å²) in [5.41, 5.74) is 3.31. The lowest BCUT2D eigenvalue weighted by atomic mass is 9.96. The first-order chi connectivity index (χ1) is 22.9. The van der Waals surface area contributed by atoms with E-state index in [4.69, 9.17) is 0 Å². The number of rotatable bonds is 8. The molecule has 0 spiro atoms. The van der Waals surface area contributed by atoms with Gasteiger partial charge in [-0.3, -0.25) is 29.2 Å². The second-order valence-corrected chi connectivity index (χ2v) is 12.2. The summed E-state index contributed by atoms with van der Waals surface area (Å²) in [5, 5.41) is 21.5. The first-order valence-corrected chi connectivity index (χ1v) is 16.0. The molecule has 10 heteroatoms. The lowest BCUT2D eigenvalue weighted by Gasteiger charge is -2.39. The molecule has 1 fully saturated rings. The maximum absolute atomic E-state index is 14.0. The lowest BCUT2D eigenvalue weighted by Crippen LogP contribution is -2.50. The van der Waals surface area contributed by atoms with Crippen molar-refractivity contribution in [1.82, 2.24) is 14.4 Å². The number of nitriles is 1. The van der Waals surface area contributed by atoms with Gasteiger partial charge in [0.2, 0.25) is 0 Å². The topological polar surface area (TPSA) is 112 Å². The summed E-state index contributed by atoms with van der Waals surface area (Å²) in [4.78, 5) is 42.4. The number of thiazole rings is 1. The third kappa shape index (κ3) is 6.97. The fourth-order valence-corrected chi connectivity index (χ4v) is 6.97. The van der Waals surface area contributed by atoms with E-state index in [0.717, 1.165) is 16.9 Å². The van der Waals surface area contributed by atoms with E-state index in [9.17, 15) is 25.0 Å². The Labute approximate surface area is 275 Å². The predicted octanol–water partition coefficient (Wildman–Crippen LogP) is 4.30. The highest BCUT2D eigenvalue weighted by atomic mass is 32.1. The minimum absolute atomic E-state index is 0.0277. The van der Waals surface area contributed by atoms with Crippen LogP contribution >= 0.6 is 11.3 Å². The van der Waals surface area contributed by atoms with E-state index in [1.165, 1.54) is 27.8 Å². The van der Waals surface area contributed by atoms with Crippen LogP contribution < -0.4 is 14.8 Å². The van der Waals surface area contributed by atoms with Crippen molar-refractivity contribution in [3.63, 3.8) is 0 Å². The van der Waals surface area contributed by atoms with Crippen LogP contribution in [-0.4, -0.2) is 51.4 Å². The molecule has 1 aromatic heterocycles. The third-order valence-electron chi connectivity index (χ3n) is 8.23. The van der Waals surface area contributed by atoms with E-state index in [1.54, 1.807) is 23.1 Å². The van der Waals surface area contributed by atoms with Gasteiger partial charge in [-0.1, -0.05) is 91.0 Å². The molecule has 47 heavy (non-hydrogen) atoms. The minimum Gasteiger partial charge on any atom is -0.335 e. The summed E-state index contributed by atoms with van der Waals surface area (Å²) < 4.78 is 2.09. The number of non-ortho nitro benzene ring substituents is 1. The number of benzene rings is 4. The molecule has 0 saturated carbocycles. The van der Waals surface area contributed by atoms with Crippen LogP contribution in [0.2, 0.25) is 0 Å². The van der Waals surface area contributed by atoms with Crippen molar-refractivity contribution in [2.24, 2.45) is 0 Å². The molecule has 234 valence electrons. The van der Waals surface area contributed by atoms with Crippen molar-refractivity contribution in [1.29, 1.82) is 5.26 Å². The molecule has 0 unspecified atom stereocenters. The molecule has 1 saturated heterocycles. The molecule has 4 aromatic carbocycles. The molecule has 0 N–H and O–H groups in total. The third-order valence-corrected chi connectivity index (χ3v) is 9.36. The van der Waals surface area contributed by atoms with Gasteiger partial charge in [0.15, 0.2) is 5.57 Å². The average Bonchev–Trinajstić information content (AvgIpc) is 3.40. The van der Waals surface area contributed by atoms with Crippen LogP contribution in [0.1, 0.15) is 28.3 Å². The fraction of sp³-hybridized carbons (Fsp3) is 0.162. The SMILES string of the molecule is N#CC(C(=O)N1CCN(C(c2ccccc2)c2ccccc2)CC1)=c1sc(=Cc2ccc([N+](=O)[O-])cc2)c(=O)n1Cc1ccccc1. The van der Waals surface area contributed by atoms with Crippen LogP contribution in [0.4, 0.5) is 5.69 Å². The fourth-order valence-electron chi connectivity index (χ4n) is 5.87. The van der Waals surface area contributed by atoms with E-state index < -0.39 is 10.8 Å². The number of nitrogens with zero attached hydrogens (tertiary/aromatic N) is 5. The van der Waals surface area contributed by atoms with Crippen LogP contribution in [0.25, 0.3) is 11.6 Å². The average molecular weight is 642 g/mol. The van der Waals surface area contributed by atoms with Crippen molar-refractivity contribution >= 4 is 34.6 Å². The van der Waals surface area contributed by atoms with Gasteiger partial charge < -0.3 is 4.90 Å². The van der Waals surface area contributed by atoms with Gasteiger partial charge in [0.05, 0.1) is 22.0 Å². The zero-order valence-electron chi connectivity index (χ0n) is 25.4. The summed E-state index contributed by atoms with van der Waals surface area (Å²) in [5.74, 6) is -0.409. The lowest BCUT2D eigenvalue weighted by molar-refractivity contribution is -0.384. The number of carbonyl (C=O) groups excluding carboxylic acids is 1. The van der Waals surface area contributed by atoms with Gasteiger partial charge in [0.25, 0.3) is 17.2 Å². The maximum Gasteiger partial charge on any atom is 0.269 e. The quantitative estimate of drug-likeness (QED) is 0.185. The number of aromatic nitrogens is 1. The standard InChI is InChI=1S/C37H31N5O4S/c38-25-32(35(43)40-22-20-39(21-23-40)34(29-12-6-2-7-13-29)30-14-8-3-9-15-30)37-41(26-28-10-4-1-5-11-28)36(44)33(47-37)24-27-16-18-31(19-17-27)42(45)46/h1-19,24,34H,20-23,26H2. The summed E-state index contributed by atoms with van der Waals surface area (Å²) >= 11 is 1.08. The second kappa shape index (κ2) is 14.2. The van der Waals surface area contributed by atoms with Crippen LogP contribution in [0.15, 0.2) is 120 Å². The Morgan fingerprint density at radius 2 is 1.40 bits per heavy atom. The summed E-state index contributed by atoms with van der Waals surface area (Å²) in [6, 6.07) is 38.0. The number of nitro benzene ring substituents is 1. The second-order valence-electron chi connectivity index (χ2n) is 11.2. The number of nitro groups is 1. The summed E-state index contributed by atoms with van der Waals surface area (Å²) in [7, 11) is 0. The van der Waals surface area contributed by atoms with Crippen LogP contribution in [0.3, 0.4) is 0 Å². The number of carbonyl (C=O) groups is 1. The first-order valence-electron chi connectivity index (χ1n) is 15.2. The van der Waals surface area contributed by atoms with Gasteiger partial charge in [-0.2, -0.15) is 5.26 Å². The van der Waals surface area contributed by atoms with Gasteiger partial charge >= 0.3 is 0 Å². The highest BCUT2D eigenvalue weighted by molar-refractivity contribution is 7.07. The molecular formula is C37H31N5O4S. The number of hydrogen-bond acceptors (Lipinski definition) is 7. The van der Waals surface area contributed by atoms with Crippen LogP contribution in [-0.2, 0) is 11.3 Å². The van der Waals surface area contributed by atoms with Gasteiger partial charge in [0.1, 0.15) is 10.7 Å². The molecule has 0 atom stereocenters. The van der Waals surface area contributed by atoms with Gasteiger partial charge in [-0.25, -0.2) is 0 Å². The van der Waals surface area contributed by atoms with E-state index in [2.05, 4.69) is 35.2 Å². The van der Waals surface area contributed by atoms with Gasteiger partial charge in [0, 0.05) is 38.3 Å². The Bertz CT molecular complexity index is 2060. The van der Waals surface area contributed by atoms with Crippen LogP contribution in [0.5, 0.6) is 0 Å². The minimum atomic E-state index is -0.483. The molecule has 6 rings (SSSR count). The van der Waals surface area contributed by atoms with Crippen molar-refractivity contribution in [2.75, 3.05) is 26.2 Å². The molecular weight excluding hydrogens is 611 g/mol. The van der Waals surface area contributed by atoms with E-state index >= 15 is 0 Å². The molecule has 2 heterocycles. The predicted molar refractivity (Wildman–Crippen MR) is 182 cm³/mol. The Balaban J connectivity index is 1.34. The molecule has 1 amide bonds. The zero-order valence-corrected chi connectivity index (χ0v) is 26.3. The first kappa shape index (κ1) is 31.4. The molecule has 0 bridgehead atoms. The van der Waals surface area contributed by atoms with Crippen molar-refractivity contribution in [3.05, 3.63) is 167 Å². The van der Waals surface area contributed by atoms with Crippen molar-refractivity contribution < 1.29 is 9.72 Å². The zero-order chi connectivity index (χ0) is 32.8. The molecule has 0 aliphatic carbocycles. The van der Waals surface area contributed by atoms with Gasteiger partial charge in [-0.05, 0) is 40.5 Å². The molecule has 9 nitrogen and oxygen atoms in total. The molecule has 0 radical (unpaired) electrons. The van der Waals surface area contributed by atoms with Crippen LogP contribution in [0, 0.1) is 21.4 Å². The number of hydrogen-bond donors (Lipinski definition) is 0. The van der Waals surface area contributed by atoms with Crippen molar-refractivity contribution in [2.45, 2.75) is 12.6 Å². The van der Waals surface area contributed by atoms with E-state index in [1.807, 2.05) is 66.7 Å². The summed E-state index contributed by atoms with van der Waals surface area (Å²) in [6.45, 7) is 2.26. The highest BCUT2D eigenvalue weighted by Gasteiger charge is 2.30. The van der Waals surface area contributed by atoms with E-state index in [0.29, 0.717) is 36.3 Å². The smallest absolute Gasteiger partial charge is 0.269 e. The van der Waals surface area contributed by atoms with Gasteiger partial charge in [-0.15, -0.1) is 11.3 Å². The Morgan fingerprint density at radius 1 is 0.851 bits per heavy atom. The molecule has 1 aliphatic rings. The Morgan fingerprint density at radius 3 is 1.94 bits per heavy atom. The molecule has 5 aromatic rings. The highest BCUT2D eigenvalue weighted by Crippen LogP contribution is 2.29. The molecule has 1 aliphatic heterocycles. The number of amides is 1. The Kier molecular flexibility index (Phi) is 9.48. The van der Waals surface area contributed by atoms with Crippen molar-refractivity contribution in [3.8, 4) is 6.07 Å². The number of piperazine rings is 1. The largest absolute Gasteiger partial charge is 0.335 e. The normalized spacial score (nSPS) is 14.6. The monoisotopic (exact) mass is 641 g/mol. The Hall–Kier alpha value is -5.63. The van der Waals surface area contributed by atoms with E-state index in [-0.39, 0.29) is 34.1 Å².